The second-order valence-electron chi connectivity index (χ2n) is 8.72. The first kappa shape index (κ1) is 24.6. The molecule has 0 saturated carbocycles. The van der Waals surface area contributed by atoms with Gasteiger partial charge < -0.3 is 11.5 Å². The van der Waals surface area contributed by atoms with Gasteiger partial charge in [0.25, 0.3) is 0 Å². The van der Waals surface area contributed by atoms with Gasteiger partial charge in [-0.25, -0.2) is 17.6 Å². The molecule has 0 aromatic heterocycles. The average molecular weight is 453 g/mol. The Hall–Kier alpha value is -2.00. The molecule has 0 atom stereocenters. The number of likely N-dealkylation sites (tertiary alicyclic amines) is 2. The van der Waals surface area contributed by atoms with Crippen LogP contribution in [-0.2, 0) is 13.1 Å². The number of nitrogens with zero attached hydrogens (tertiary/aromatic N) is 2. The molecule has 2 aliphatic rings. The molecular weight excluding hydrogens is 420 g/mol. The summed E-state index contributed by atoms with van der Waals surface area (Å²) in [5.74, 6) is -3.12. The van der Waals surface area contributed by atoms with Crippen molar-refractivity contribution >= 4 is 0 Å². The molecule has 0 radical (unpaired) electrons. The molecule has 2 aromatic rings. The molecule has 176 valence electrons. The van der Waals surface area contributed by atoms with E-state index in [1.807, 2.05) is 0 Å². The molecule has 2 heterocycles. The molecule has 0 unspecified atom stereocenters. The molecule has 4 nitrogen and oxygen atoms in total. The van der Waals surface area contributed by atoms with E-state index in [1.165, 1.54) is 24.3 Å². The minimum Gasteiger partial charge on any atom is -0.328 e. The van der Waals surface area contributed by atoms with E-state index in [-0.39, 0.29) is 0 Å². The lowest BCUT2D eigenvalue weighted by Crippen LogP contribution is -2.39. The summed E-state index contributed by atoms with van der Waals surface area (Å²) in [6.45, 7) is 5.06. The highest BCUT2D eigenvalue weighted by Crippen LogP contribution is 2.16. The van der Waals surface area contributed by atoms with Crippen molar-refractivity contribution in [3.05, 3.63) is 70.8 Å². The summed E-state index contributed by atoms with van der Waals surface area (Å²) in [6.07, 6.45) is 3.90. The predicted molar refractivity (Wildman–Crippen MR) is 118 cm³/mol. The molecule has 0 aliphatic carbocycles. The van der Waals surface area contributed by atoms with Crippen LogP contribution in [0.3, 0.4) is 0 Å². The highest BCUT2D eigenvalue weighted by atomic mass is 19.2. The van der Waals surface area contributed by atoms with E-state index in [9.17, 15) is 17.6 Å². The van der Waals surface area contributed by atoms with Gasteiger partial charge in [-0.1, -0.05) is 12.1 Å². The fourth-order valence-corrected chi connectivity index (χ4v) is 4.01. The molecule has 4 rings (SSSR count). The number of hydrogen-bond acceptors (Lipinski definition) is 4. The average Bonchev–Trinajstić information content (AvgIpc) is 2.77. The lowest BCUT2D eigenvalue weighted by molar-refractivity contribution is 0.205. The first-order valence-corrected chi connectivity index (χ1v) is 11.1. The zero-order valence-electron chi connectivity index (χ0n) is 18.3. The highest BCUT2D eigenvalue weighted by molar-refractivity contribution is 5.18. The van der Waals surface area contributed by atoms with Gasteiger partial charge >= 0.3 is 0 Å². The van der Waals surface area contributed by atoms with Crippen LogP contribution >= 0.6 is 0 Å². The second kappa shape index (κ2) is 11.7. The van der Waals surface area contributed by atoms with Crippen LogP contribution in [0.1, 0.15) is 36.8 Å². The lowest BCUT2D eigenvalue weighted by Gasteiger charge is -2.30. The number of halogens is 4. The van der Waals surface area contributed by atoms with Gasteiger partial charge in [0.15, 0.2) is 23.3 Å². The van der Waals surface area contributed by atoms with Gasteiger partial charge in [0.2, 0.25) is 0 Å². The Morgan fingerprint density at radius 2 is 0.938 bits per heavy atom. The molecule has 4 N–H and O–H groups in total. The van der Waals surface area contributed by atoms with Crippen LogP contribution in [0.5, 0.6) is 0 Å². The second-order valence-corrected chi connectivity index (χ2v) is 8.72. The monoisotopic (exact) mass is 452 g/mol. The smallest absolute Gasteiger partial charge is 0.159 e. The fraction of sp³-hybridized carbons (Fsp3) is 0.500. The Morgan fingerprint density at radius 3 is 1.25 bits per heavy atom. The first-order valence-electron chi connectivity index (χ1n) is 11.1. The summed E-state index contributed by atoms with van der Waals surface area (Å²) >= 11 is 0. The van der Waals surface area contributed by atoms with Gasteiger partial charge in [-0.3, -0.25) is 9.80 Å². The Morgan fingerprint density at radius 1 is 0.594 bits per heavy atom. The summed E-state index contributed by atoms with van der Waals surface area (Å²) in [5.41, 5.74) is 13.2. The third-order valence-corrected chi connectivity index (χ3v) is 6.04. The topological polar surface area (TPSA) is 58.5 Å². The summed E-state index contributed by atoms with van der Waals surface area (Å²) in [5, 5.41) is 0. The van der Waals surface area contributed by atoms with Gasteiger partial charge in [0.05, 0.1) is 0 Å². The van der Waals surface area contributed by atoms with Crippen molar-refractivity contribution in [3.63, 3.8) is 0 Å². The van der Waals surface area contributed by atoms with Crippen molar-refractivity contribution in [2.75, 3.05) is 26.2 Å². The number of rotatable bonds is 4. The van der Waals surface area contributed by atoms with Crippen LogP contribution in [0.2, 0.25) is 0 Å². The Bertz CT molecular complexity index is 792. The van der Waals surface area contributed by atoms with Crippen LogP contribution in [0.4, 0.5) is 17.6 Å². The van der Waals surface area contributed by atoms with Gasteiger partial charge in [0.1, 0.15) is 0 Å². The van der Waals surface area contributed by atoms with Crippen molar-refractivity contribution < 1.29 is 17.6 Å². The van der Waals surface area contributed by atoms with Gasteiger partial charge in [0, 0.05) is 25.2 Å². The quantitative estimate of drug-likeness (QED) is 0.694. The largest absolute Gasteiger partial charge is 0.328 e. The van der Waals surface area contributed by atoms with E-state index in [0.29, 0.717) is 25.2 Å². The Kier molecular flexibility index (Phi) is 9.04. The van der Waals surface area contributed by atoms with E-state index >= 15 is 0 Å². The van der Waals surface area contributed by atoms with Crippen molar-refractivity contribution in [2.24, 2.45) is 11.5 Å². The number of hydrogen-bond donors (Lipinski definition) is 2. The fourth-order valence-electron chi connectivity index (χ4n) is 4.01. The molecule has 0 amide bonds. The van der Waals surface area contributed by atoms with Crippen LogP contribution in [0.25, 0.3) is 0 Å². The zero-order valence-corrected chi connectivity index (χ0v) is 18.3. The maximum Gasteiger partial charge on any atom is 0.159 e. The van der Waals surface area contributed by atoms with E-state index in [1.54, 1.807) is 12.1 Å². The number of nitrogens with two attached hydrogens (primary N) is 2. The summed E-state index contributed by atoms with van der Waals surface area (Å²) < 4.78 is 51.4. The molecular formula is C24H32F4N4. The normalized spacial score (nSPS) is 18.9. The van der Waals surface area contributed by atoms with E-state index in [2.05, 4.69) is 9.80 Å². The minimum atomic E-state index is -0.788. The molecule has 2 aromatic carbocycles. The Labute approximate surface area is 187 Å². The van der Waals surface area contributed by atoms with Crippen LogP contribution in [0, 0.1) is 23.3 Å². The number of piperidine rings is 2. The maximum absolute atomic E-state index is 13.0. The maximum atomic E-state index is 13.0. The SMILES string of the molecule is NC1CCN(Cc2ccc(F)c(F)c2)CC1.NC1CCN(Cc2ccc(F)c(F)c2)CC1. The summed E-state index contributed by atoms with van der Waals surface area (Å²) in [4.78, 5) is 4.44. The Balaban J connectivity index is 0.000000181. The van der Waals surface area contributed by atoms with Gasteiger partial charge in [-0.05, 0) is 87.3 Å². The third kappa shape index (κ3) is 7.55. The first-order chi connectivity index (χ1) is 15.3. The summed E-state index contributed by atoms with van der Waals surface area (Å²) in [7, 11) is 0. The standard InChI is InChI=1S/2C12H16F2N2/c2*13-11-2-1-9(7-12(11)14)8-16-5-3-10(15)4-6-16/h2*1-2,7,10H,3-6,8,15H2. The molecule has 0 spiro atoms. The van der Waals surface area contributed by atoms with Gasteiger partial charge in [-0.2, -0.15) is 0 Å². The van der Waals surface area contributed by atoms with Crippen LogP contribution in [0.15, 0.2) is 36.4 Å². The van der Waals surface area contributed by atoms with E-state index < -0.39 is 23.3 Å². The van der Waals surface area contributed by atoms with Crippen molar-refractivity contribution in [1.82, 2.24) is 9.80 Å². The molecule has 2 saturated heterocycles. The van der Waals surface area contributed by atoms with E-state index in [4.69, 9.17) is 11.5 Å². The predicted octanol–water partition coefficient (Wildman–Crippen LogP) is 3.78. The van der Waals surface area contributed by atoms with E-state index in [0.717, 1.165) is 63.0 Å². The molecule has 2 aliphatic heterocycles. The minimum absolute atomic E-state index is 0.293. The molecule has 0 bridgehead atoms. The molecule has 8 heteroatoms. The van der Waals surface area contributed by atoms with Crippen LogP contribution < -0.4 is 11.5 Å². The van der Waals surface area contributed by atoms with Crippen molar-refractivity contribution in [1.29, 1.82) is 0 Å². The van der Waals surface area contributed by atoms with Gasteiger partial charge in [-0.15, -0.1) is 0 Å². The molecule has 2 fully saturated rings. The summed E-state index contributed by atoms with van der Waals surface area (Å²) in [6, 6.07) is 8.75. The zero-order chi connectivity index (χ0) is 23.1. The third-order valence-electron chi connectivity index (χ3n) is 6.04. The van der Waals surface area contributed by atoms with Crippen molar-refractivity contribution in [3.8, 4) is 0 Å². The highest BCUT2D eigenvalue weighted by Gasteiger charge is 2.17. The number of benzene rings is 2. The van der Waals surface area contributed by atoms with Crippen molar-refractivity contribution in [2.45, 2.75) is 50.9 Å². The lowest BCUT2D eigenvalue weighted by atomic mass is 10.1. The van der Waals surface area contributed by atoms with Crippen LogP contribution in [-0.4, -0.2) is 48.1 Å². The molecule has 32 heavy (non-hydrogen) atoms.